The molecule has 0 radical (unpaired) electrons. The second-order valence-electron chi connectivity index (χ2n) is 12.3. The lowest BCUT2D eigenvalue weighted by molar-refractivity contribution is 0.00121. The summed E-state index contributed by atoms with van der Waals surface area (Å²) in [5.74, 6) is 0.799. The number of hydrogen-bond donors (Lipinski definition) is 1. The largest absolute Gasteiger partial charge is 0.390 e. The molecule has 1 fully saturated rings. The van der Waals surface area contributed by atoms with Crippen molar-refractivity contribution in [1.82, 2.24) is 4.72 Å². The number of sulfonamides is 1. The van der Waals surface area contributed by atoms with Crippen LogP contribution in [0, 0.1) is 11.3 Å². The van der Waals surface area contributed by atoms with Crippen LogP contribution in [0.2, 0.25) is 0 Å². The maximum atomic E-state index is 11.1. The summed E-state index contributed by atoms with van der Waals surface area (Å²) in [7, 11) is -2.94. The van der Waals surface area contributed by atoms with Gasteiger partial charge in [0.2, 0.25) is 10.0 Å². The van der Waals surface area contributed by atoms with Crippen molar-refractivity contribution in [3.63, 3.8) is 0 Å². The molecule has 0 unspecified atom stereocenters. The molecule has 0 atom stereocenters. The zero-order valence-corrected chi connectivity index (χ0v) is 24.7. The first-order valence-electron chi connectivity index (χ1n) is 13.0. The molecule has 36 heavy (non-hydrogen) atoms. The minimum absolute atomic E-state index is 0.0330. The van der Waals surface area contributed by atoms with Crippen molar-refractivity contribution in [2.24, 2.45) is 16.5 Å². The van der Waals surface area contributed by atoms with Crippen LogP contribution in [0.1, 0.15) is 93.2 Å². The number of nitrogens with zero attached hydrogens (tertiary/aromatic N) is 1. The molecule has 2 aromatic carbocycles. The predicted molar refractivity (Wildman–Crippen MR) is 153 cm³/mol. The summed E-state index contributed by atoms with van der Waals surface area (Å²) in [6, 6.07) is 16.7. The summed E-state index contributed by atoms with van der Waals surface area (Å²) >= 11 is 0. The molecule has 2 aliphatic carbocycles. The van der Waals surface area contributed by atoms with Crippen LogP contribution in [-0.4, -0.2) is 31.0 Å². The zero-order valence-electron chi connectivity index (χ0n) is 23.8. The fourth-order valence-corrected chi connectivity index (χ4v) is 4.68. The summed E-state index contributed by atoms with van der Waals surface area (Å²) in [5, 5.41) is 4.31. The fraction of sp³-hybridized carbons (Fsp3) is 0.567. The van der Waals surface area contributed by atoms with Gasteiger partial charge in [0.15, 0.2) is 0 Å². The van der Waals surface area contributed by atoms with E-state index in [1.807, 2.05) is 46.8 Å². The molecule has 0 amide bonds. The van der Waals surface area contributed by atoms with Crippen molar-refractivity contribution in [2.75, 3.05) is 0 Å². The molecular weight excluding hydrogens is 468 g/mol. The Bertz CT molecular complexity index is 1090. The van der Waals surface area contributed by atoms with E-state index in [1.165, 1.54) is 11.1 Å². The van der Waals surface area contributed by atoms with Crippen LogP contribution in [-0.2, 0) is 14.9 Å². The summed E-state index contributed by atoms with van der Waals surface area (Å²) < 4.78 is 24.7. The molecule has 0 heterocycles. The van der Waals surface area contributed by atoms with Gasteiger partial charge in [0.25, 0.3) is 0 Å². The predicted octanol–water partition coefficient (Wildman–Crippen LogP) is 7.40. The highest BCUT2D eigenvalue weighted by molar-refractivity contribution is 7.90. The molecule has 2 aromatic rings. The third kappa shape index (κ3) is 9.04. The van der Waals surface area contributed by atoms with Gasteiger partial charge >= 0.3 is 0 Å². The first-order chi connectivity index (χ1) is 16.5. The van der Waals surface area contributed by atoms with Crippen molar-refractivity contribution < 1.29 is 13.3 Å². The number of fused-ring (bicyclic) bond motifs is 3. The highest BCUT2D eigenvalue weighted by Crippen LogP contribution is 2.36. The Morgan fingerprint density at radius 3 is 1.50 bits per heavy atom. The molecule has 0 aromatic heterocycles. The quantitative estimate of drug-likeness (QED) is 0.369. The molecule has 0 bridgehead atoms. The minimum Gasteiger partial charge on any atom is -0.390 e. The lowest BCUT2D eigenvalue weighted by Gasteiger charge is -2.22. The van der Waals surface area contributed by atoms with E-state index in [4.69, 9.17) is 4.84 Å². The standard InChI is InChI=1S/C17H17NO.C7H16.C6H13NO2S/c1-17(2,3)19-18-16-14-10-6-4-8-12(14)13-9-5-7-11-15(13)16;1-6(2)7(3,4)5;1-5(2)7-10(8,9)6-3-4-6/h4-11H,1-3H3;6H,1-5H3;5-7H,3-4H2,1-2H3. The highest BCUT2D eigenvalue weighted by atomic mass is 32.2. The number of hydrogen-bond acceptors (Lipinski definition) is 4. The van der Waals surface area contributed by atoms with Gasteiger partial charge in [-0.1, -0.05) is 88.3 Å². The van der Waals surface area contributed by atoms with E-state index in [0.29, 0.717) is 5.41 Å². The number of oxime groups is 1. The van der Waals surface area contributed by atoms with Crippen LogP contribution < -0.4 is 4.72 Å². The molecule has 5 nitrogen and oxygen atoms in total. The fourth-order valence-electron chi connectivity index (χ4n) is 3.08. The maximum Gasteiger partial charge on any atom is 0.214 e. The summed E-state index contributed by atoms with van der Waals surface area (Å²) in [6.45, 7) is 21.0. The van der Waals surface area contributed by atoms with Crippen molar-refractivity contribution in [1.29, 1.82) is 0 Å². The Morgan fingerprint density at radius 1 is 0.806 bits per heavy atom. The lowest BCUT2D eigenvalue weighted by atomic mass is 9.84. The van der Waals surface area contributed by atoms with Crippen LogP contribution in [0.3, 0.4) is 0 Å². The van der Waals surface area contributed by atoms with E-state index in [1.54, 1.807) is 0 Å². The van der Waals surface area contributed by atoms with Gasteiger partial charge in [-0.25, -0.2) is 13.1 Å². The Labute approximate surface area is 219 Å². The van der Waals surface area contributed by atoms with Gasteiger partial charge < -0.3 is 4.84 Å². The lowest BCUT2D eigenvalue weighted by Crippen LogP contribution is -2.32. The maximum absolute atomic E-state index is 11.1. The van der Waals surface area contributed by atoms with Gasteiger partial charge in [0, 0.05) is 17.2 Å². The molecule has 1 N–H and O–H groups in total. The first kappa shape index (κ1) is 30.0. The molecule has 200 valence electrons. The van der Waals surface area contributed by atoms with Gasteiger partial charge in [-0.2, -0.15) is 0 Å². The van der Waals surface area contributed by atoms with Crippen LogP contribution in [0.25, 0.3) is 11.1 Å². The molecule has 0 spiro atoms. The number of benzene rings is 2. The normalized spacial score (nSPS) is 14.8. The average Bonchev–Trinajstić information content (AvgIpc) is 3.55. The van der Waals surface area contributed by atoms with E-state index >= 15 is 0 Å². The molecule has 1 saturated carbocycles. The van der Waals surface area contributed by atoms with Crippen LogP contribution >= 0.6 is 0 Å². The van der Waals surface area contributed by atoms with Crippen molar-refractivity contribution >= 4 is 15.7 Å². The van der Waals surface area contributed by atoms with E-state index in [2.05, 4.69) is 80.9 Å². The van der Waals surface area contributed by atoms with Gasteiger partial charge in [0.1, 0.15) is 11.3 Å². The molecular formula is C30H46N2O3S. The number of rotatable bonds is 4. The molecule has 0 saturated heterocycles. The van der Waals surface area contributed by atoms with Crippen LogP contribution in [0.5, 0.6) is 0 Å². The van der Waals surface area contributed by atoms with Crippen molar-refractivity contribution in [2.45, 2.75) is 99.0 Å². The van der Waals surface area contributed by atoms with Crippen molar-refractivity contribution in [3.8, 4) is 11.1 Å². The molecule has 2 aliphatic rings. The SMILES string of the molecule is CC(C)(C)ON=C1c2ccccc2-c2ccccc21.CC(C)C(C)(C)C.CC(C)NS(=O)(=O)C1CC1. The Kier molecular flexibility index (Phi) is 9.94. The van der Waals surface area contributed by atoms with Crippen molar-refractivity contribution in [3.05, 3.63) is 59.7 Å². The average molecular weight is 515 g/mol. The van der Waals surface area contributed by atoms with Gasteiger partial charge in [-0.15, -0.1) is 0 Å². The van der Waals surface area contributed by atoms with Gasteiger partial charge in [-0.3, -0.25) is 0 Å². The van der Waals surface area contributed by atoms with E-state index in [-0.39, 0.29) is 16.9 Å². The summed E-state index contributed by atoms with van der Waals surface area (Å²) in [6.07, 6.45) is 1.67. The van der Waals surface area contributed by atoms with E-state index in [0.717, 1.165) is 35.6 Å². The smallest absolute Gasteiger partial charge is 0.214 e. The molecule has 6 heteroatoms. The van der Waals surface area contributed by atoms with Crippen LogP contribution in [0.4, 0.5) is 0 Å². The number of nitrogens with one attached hydrogen (secondary N) is 1. The Morgan fingerprint density at radius 2 is 1.19 bits per heavy atom. The van der Waals surface area contributed by atoms with Crippen LogP contribution in [0.15, 0.2) is 53.7 Å². The Hall–Kier alpha value is -2.18. The second kappa shape index (κ2) is 11.9. The Balaban J connectivity index is 0.000000225. The van der Waals surface area contributed by atoms with Gasteiger partial charge in [-0.05, 0) is 69.9 Å². The zero-order chi connectivity index (χ0) is 27.3. The first-order valence-corrected chi connectivity index (χ1v) is 14.5. The van der Waals surface area contributed by atoms with E-state index in [9.17, 15) is 8.42 Å². The third-order valence-corrected chi connectivity index (χ3v) is 8.31. The third-order valence-electron chi connectivity index (χ3n) is 6.16. The second-order valence-corrected chi connectivity index (χ2v) is 14.3. The monoisotopic (exact) mass is 514 g/mol. The molecule has 4 rings (SSSR count). The van der Waals surface area contributed by atoms with Gasteiger partial charge in [0.05, 0.1) is 5.25 Å². The van der Waals surface area contributed by atoms with E-state index < -0.39 is 10.0 Å². The molecule has 0 aliphatic heterocycles. The summed E-state index contributed by atoms with van der Waals surface area (Å²) in [5.41, 5.74) is 5.91. The highest BCUT2D eigenvalue weighted by Gasteiger charge is 2.35. The minimum atomic E-state index is -2.94. The topological polar surface area (TPSA) is 67.8 Å². The summed E-state index contributed by atoms with van der Waals surface area (Å²) in [4.78, 5) is 5.61.